The third-order valence-corrected chi connectivity index (χ3v) is 3.23. The van der Waals surface area contributed by atoms with E-state index in [1.54, 1.807) is 12.1 Å². The summed E-state index contributed by atoms with van der Waals surface area (Å²) in [7, 11) is 0. The Hall–Kier alpha value is -0.640. The van der Waals surface area contributed by atoms with Gasteiger partial charge in [-0.05, 0) is 36.1 Å². The van der Waals surface area contributed by atoms with Crippen LogP contribution in [0, 0.1) is 11.7 Å². The van der Waals surface area contributed by atoms with E-state index in [2.05, 4.69) is 19.3 Å². The number of nitrogens with one attached hydrogen (secondary N) is 1. The molecule has 16 heavy (non-hydrogen) atoms. The van der Waals surface area contributed by atoms with E-state index in [0.29, 0.717) is 22.9 Å². The van der Waals surface area contributed by atoms with Crippen LogP contribution in [-0.2, 0) is 6.42 Å². The lowest BCUT2D eigenvalue weighted by Gasteiger charge is -2.22. The highest BCUT2D eigenvalue weighted by Crippen LogP contribution is 2.19. The number of rotatable bonds is 5. The fourth-order valence-corrected chi connectivity index (χ4v) is 1.84. The van der Waals surface area contributed by atoms with E-state index in [0.717, 1.165) is 6.42 Å². The van der Waals surface area contributed by atoms with Crippen LogP contribution < -0.4 is 11.3 Å². The highest BCUT2D eigenvalue weighted by atomic mass is 35.5. The Morgan fingerprint density at radius 1 is 1.50 bits per heavy atom. The lowest BCUT2D eigenvalue weighted by molar-refractivity contribution is 0.366. The SMILES string of the molecule is CCC(C)C(Cc1cc(Cl)ccc1F)NN. The molecule has 1 aromatic rings. The average molecular weight is 245 g/mol. The first-order chi connectivity index (χ1) is 7.58. The number of halogens is 2. The van der Waals surface area contributed by atoms with Crippen LogP contribution >= 0.6 is 11.6 Å². The fraction of sp³-hybridized carbons (Fsp3) is 0.500. The molecule has 2 nitrogen and oxygen atoms in total. The molecule has 0 aromatic heterocycles. The molecule has 0 heterocycles. The van der Waals surface area contributed by atoms with E-state index in [1.165, 1.54) is 6.07 Å². The summed E-state index contributed by atoms with van der Waals surface area (Å²) >= 11 is 5.84. The van der Waals surface area contributed by atoms with Gasteiger partial charge in [-0.1, -0.05) is 31.9 Å². The van der Waals surface area contributed by atoms with Gasteiger partial charge in [0.25, 0.3) is 0 Å². The van der Waals surface area contributed by atoms with Gasteiger partial charge in [-0.3, -0.25) is 11.3 Å². The highest BCUT2D eigenvalue weighted by Gasteiger charge is 2.16. The van der Waals surface area contributed by atoms with Gasteiger partial charge in [0.05, 0.1) is 0 Å². The molecule has 0 aliphatic rings. The molecule has 0 aliphatic carbocycles. The summed E-state index contributed by atoms with van der Waals surface area (Å²) in [6.45, 7) is 4.18. The van der Waals surface area contributed by atoms with Gasteiger partial charge in [0.15, 0.2) is 0 Å². The van der Waals surface area contributed by atoms with E-state index in [1.807, 2.05) is 0 Å². The number of hydrogen-bond donors (Lipinski definition) is 2. The van der Waals surface area contributed by atoms with Crippen molar-refractivity contribution in [1.29, 1.82) is 0 Å². The summed E-state index contributed by atoms with van der Waals surface area (Å²) in [5.74, 6) is 5.64. The van der Waals surface area contributed by atoms with Crippen LogP contribution in [-0.4, -0.2) is 6.04 Å². The molecular weight excluding hydrogens is 227 g/mol. The summed E-state index contributed by atoms with van der Waals surface area (Å²) in [6.07, 6.45) is 1.55. The van der Waals surface area contributed by atoms with Crippen molar-refractivity contribution in [3.8, 4) is 0 Å². The Balaban J connectivity index is 2.81. The zero-order valence-corrected chi connectivity index (χ0v) is 10.4. The molecule has 0 radical (unpaired) electrons. The molecule has 0 saturated carbocycles. The maximum Gasteiger partial charge on any atom is 0.126 e. The number of benzene rings is 1. The predicted molar refractivity (Wildman–Crippen MR) is 65.7 cm³/mol. The van der Waals surface area contributed by atoms with E-state index < -0.39 is 0 Å². The zero-order chi connectivity index (χ0) is 12.1. The van der Waals surface area contributed by atoms with E-state index in [4.69, 9.17) is 17.4 Å². The fourth-order valence-electron chi connectivity index (χ4n) is 1.65. The second-order valence-corrected chi connectivity index (χ2v) is 4.53. The lowest BCUT2D eigenvalue weighted by Crippen LogP contribution is -2.41. The molecule has 3 N–H and O–H groups in total. The molecule has 1 rings (SSSR count). The van der Waals surface area contributed by atoms with E-state index in [9.17, 15) is 4.39 Å². The van der Waals surface area contributed by atoms with Crippen LogP contribution in [0.3, 0.4) is 0 Å². The van der Waals surface area contributed by atoms with Crippen molar-refractivity contribution < 1.29 is 4.39 Å². The molecule has 0 bridgehead atoms. The van der Waals surface area contributed by atoms with Crippen molar-refractivity contribution in [3.63, 3.8) is 0 Å². The van der Waals surface area contributed by atoms with E-state index in [-0.39, 0.29) is 11.9 Å². The molecular formula is C12H18ClFN2. The van der Waals surface area contributed by atoms with Gasteiger partial charge in [0.2, 0.25) is 0 Å². The minimum Gasteiger partial charge on any atom is -0.271 e. The maximum atomic E-state index is 13.5. The van der Waals surface area contributed by atoms with Gasteiger partial charge in [-0.2, -0.15) is 0 Å². The maximum absolute atomic E-state index is 13.5. The topological polar surface area (TPSA) is 38.0 Å². The number of nitrogens with two attached hydrogens (primary N) is 1. The van der Waals surface area contributed by atoms with Gasteiger partial charge in [-0.25, -0.2) is 4.39 Å². The van der Waals surface area contributed by atoms with Gasteiger partial charge in [0.1, 0.15) is 5.82 Å². The smallest absolute Gasteiger partial charge is 0.126 e. The van der Waals surface area contributed by atoms with Crippen molar-refractivity contribution in [2.45, 2.75) is 32.7 Å². The van der Waals surface area contributed by atoms with Crippen LogP contribution in [0.2, 0.25) is 5.02 Å². The molecule has 4 heteroatoms. The molecule has 0 fully saturated rings. The van der Waals surface area contributed by atoms with E-state index >= 15 is 0 Å². The van der Waals surface area contributed by atoms with Crippen LogP contribution in [0.5, 0.6) is 0 Å². The molecule has 1 aromatic carbocycles. The quantitative estimate of drug-likeness (QED) is 0.618. The molecule has 0 aliphatic heterocycles. The van der Waals surface area contributed by atoms with Crippen molar-refractivity contribution in [1.82, 2.24) is 5.43 Å². The Morgan fingerprint density at radius 2 is 2.19 bits per heavy atom. The van der Waals surface area contributed by atoms with Crippen molar-refractivity contribution >= 4 is 11.6 Å². The Morgan fingerprint density at radius 3 is 2.75 bits per heavy atom. The van der Waals surface area contributed by atoms with Crippen molar-refractivity contribution in [3.05, 3.63) is 34.6 Å². The molecule has 2 atom stereocenters. The van der Waals surface area contributed by atoms with Crippen molar-refractivity contribution in [2.75, 3.05) is 0 Å². The van der Waals surface area contributed by atoms with Gasteiger partial charge >= 0.3 is 0 Å². The van der Waals surface area contributed by atoms with Crippen LogP contribution in [0.1, 0.15) is 25.8 Å². The number of hydrazine groups is 1. The Labute approximate surface area is 101 Å². The summed E-state index contributed by atoms with van der Waals surface area (Å²) < 4.78 is 13.5. The first-order valence-corrected chi connectivity index (χ1v) is 5.86. The van der Waals surface area contributed by atoms with Gasteiger partial charge in [-0.15, -0.1) is 0 Å². The molecule has 2 unspecified atom stereocenters. The lowest BCUT2D eigenvalue weighted by atomic mass is 9.93. The summed E-state index contributed by atoms with van der Waals surface area (Å²) in [6, 6.07) is 4.66. The summed E-state index contributed by atoms with van der Waals surface area (Å²) in [4.78, 5) is 0. The first-order valence-electron chi connectivity index (χ1n) is 5.48. The molecule has 0 amide bonds. The third kappa shape index (κ3) is 3.44. The minimum absolute atomic E-state index is 0.0676. The predicted octanol–water partition coefficient (Wildman–Crippen LogP) is 2.90. The van der Waals surface area contributed by atoms with Crippen LogP contribution in [0.25, 0.3) is 0 Å². The van der Waals surface area contributed by atoms with Crippen LogP contribution in [0.4, 0.5) is 4.39 Å². The highest BCUT2D eigenvalue weighted by molar-refractivity contribution is 6.30. The second-order valence-electron chi connectivity index (χ2n) is 4.10. The second kappa shape index (κ2) is 6.18. The Kier molecular flexibility index (Phi) is 5.19. The third-order valence-electron chi connectivity index (χ3n) is 2.99. The summed E-state index contributed by atoms with van der Waals surface area (Å²) in [5, 5.41) is 0.552. The first kappa shape index (κ1) is 13.4. The minimum atomic E-state index is -0.229. The Bertz CT molecular complexity index is 344. The normalized spacial score (nSPS) is 14.8. The standard InChI is InChI=1S/C12H18ClFN2/c1-3-8(2)12(16-15)7-9-6-10(13)4-5-11(9)14/h4-6,8,12,16H,3,7,15H2,1-2H3. The zero-order valence-electron chi connectivity index (χ0n) is 9.63. The van der Waals surface area contributed by atoms with Gasteiger partial charge < -0.3 is 0 Å². The monoisotopic (exact) mass is 244 g/mol. The number of hydrogen-bond acceptors (Lipinski definition) is 2. The largest absolute Gasteiger partial charge is 0.271 e. The average Bonchev–Trinajstić information content (AvgIpc) is 2.29. The molecule has 0 spiro atoms. The molecule has 90 valence electrons. The van der Waals surface area contributed by atoms with Crippen LogP contribution in [0.15, 0.2) is 18.2 Å². The summed E-state index contributed by atoms with van der Waals surface area (Å²) in [5.41, 5.74) is 3.35. The molecule has 0 saturated heterocycles. The van der Waals surface area contributed by atoms with Crippen molar-refractivity contribution in [2.24, 2.45) is 11.8 Å². The van der Waals surface area contributed by atoms with Gasteiger partial charge in [0, 0.05) is 11.1 Å².